The van der Waals surface area contributed by atoms with E-state index in [2.05, 4.69) is 0 Å². The summed E-state index contributed by atoms with van der Waals surface area (Å²) in [5.74, 6) is -1.38. The molecule has 1 atom stereocenters. The van der Waals surface area contributed by atoms with Gasteiger partial charge in [0.05, 0.1) is 0 Å². The minimum atomic E-state index is -4.41. The Labute approximate surface area is 73.9 Å². The monoisotopic (exact) mass is 194 g/mol. The molecule has 0 N–H and O–H groups in total. The number of hydrogen-bond donors (Lipinski definition) is 0. The normalized spacial score (nSPS) is 24.8. The van der Waals surface area contributed by atoms with E-state index in [4.69, 9.17) is 0 Å². The molecule has 0 spiro atoms. The third-order valence-electron chi connectivity index (χ3n) is 2.16. The van der Waals surface area contributed by atoms with Crippen molar-refractivity contribution in [2.24, 2.45) is 5.92 Å². The van der Waals surface area contributed by atoms with Crippen molar-refractivity contribution in [3.8, 4) is 0 Å². The van der Waals surface area contributed by atoms with Gasteiger partial charge < -0.3 is 0 Å². The molecule has 0 bridgehead atoms. The Bertz CT molecular complexity index is 270. The molecule has 0 aromatic heterocycles. The van der Waals surface area contributed by atoms with Crippen LogP contribution in [0.25, 0.3) is 0 Å². The average Bonchev–Trinajstić information content (AvgIpc) is 1.94. The number of rotatable bonds is 0. The Morgan fingerprint density at radius 3 is 2.38 bits per heavy atom. The zero-order valence-corrected chi connectivity index (χ0v) is 7.37. The minimum absolute atomic E-state index is 0.150. The highest BCUT2D eigenvalue weighted by Crippen LogP contribution is 2.39. The van der Waals surface area contributed by atoms with Crippen LogP contribution in [-0.4, -0.2) is 6.18 Å². The molecule has 1 rings (SSSR count). The smallest absolute Gasteiger partial charge is 0.207 e. The maximum absolute atomic E-state index is 12.8. The highest BCUT2D eigenvalue weighted by atomic mass is 19.4. The van der Waals surface area contributed by atoms with Crippen LogP contribution in [0, 0.1) is 5.92 Å². The summed E-state index contributed by atoms with van der Waals surface area (Å²) in [6.07, 6.45) is -3.65. The van der Waals surface area contributed by atoms with Gasteiger partial charge in [0.15, 0.2) is 0 Å². The van der Waals surface area contributed by atoms with Crippen LogP contribution >= 0.6 is 0 Å². The maximum atomic E-state index is 12.8. The van der Waals surface area contributed by atoms with Crippen LogP contribution in [0.1, 0.15) is 20.3 Å². The van der Waals surface area contributed by atoms with Crippen LogP contribution in [0.2, 0.25) is 0 Å². The third-order valence-corrected chi connectivity index (χ3v) is 2.16. The number of alkyl halides is 3. The second-order valence-electron chi connectivity index (χ2n) is 3.33. The molecular weight excluding hydrogens is 184 g/mol. The van der Waals surface area contributed by atoms with Gasteiger partial charge >= 0.3 is 6.18 Å². The number of halogens is 4. The van der Waals surface area contributed by atoms with Gasteiger partial charge in [-0.25, -0.2) is 4.39 Å². The van der Waals surface area contributed by atoms with Crippen LogP contribution in [0.15, 0.2) is 23.0 Å². The van der Waals surface area contributed by atoms with Crippen molar-refractivity contribution in [3.05, 3.63) is 23.0 Å². The van der Waals surface area contributed by atoms with E-state index >= 15 is 0 Å². The molecule has 0 aliphatic heterocycles. The highest BCUT2D eigenvalue weighted by Gasteiger charge is 2.38. The molecule has 0 nitrogen and oxygen atoms in total. The first kappa shape index (κ1) is 10.3. The van der Waals surface area contributed by atoms with E-state index < -0.39 is 23.5 Å². The fraction of sp³-hybridized carbons (Fsp3) is 0.556. The van der Waals surface area contributed by atoms with Crippen LogP contribution in [0.4, 0.5) is 17.6 Å². The highest BCUT2D eigenvalue weighted by molar-refractivity contribution is 5.32. The van der Waals surface area contributed by atoms with Gasteiger partial charge in [-0.05, 0) is 30.9 Å². The van der Waals surface area contributed by atoms with E-state index in [1.807, 2.05) is 0 Å². The summed E-state index contributed by atoms with van der Waals surface area (Å²) in [6.45, 7) is 2.96. The van der Waals surface area contributed by atoms with E-state index in [0.717, 1.165) is 0 Å². The summed E-state index contributed by atoms with van der Waals surface area (Å²) in [7, 11) is 0. The van der Waals surface area contributed by atoms with E-state index in [9.17, 15) is 17.6 Å². The fourth-order valence-corrected chi connectivity index (χ4v) is 1.43. The van der Waals surface area contributed by atoms with Crippen LogP contribution in [0.3, 0.4) is 0 Å². The average molecular weight is 194 g/mol. The predicted molar refractivity (Wildman–Crippen MR) is 41.7 cm³/mol. The number of allylic oxidation sites excluding steroid dienone is 4. The fourth-order valence-electron chi connectivity index (χ4n) is 1.43. The molecule has 0 saturated carbocycles. The molecule has 0 amide bonds. The predicted octanol–water partition coefficient (Wildman–Crippen LogP) is 3.76. The van der Waals surface area contributed by atoms with Crippen molar-refractivity contribution in [1.29, 1.82) is 0 Å². The van der Waals surface area contributed by atoms with Crippen LogP contribution in [0.5, 0.6) is 0 Å². The third kappa shape index (κ3) is 2.11. The first-order chi connectivity index (χ1) is 5.82. The molecule has 0 saturated heterocycles. The van der Waals surface area contributed by atoms with Crippen molar-refractivity contribution < 1.29 is 17.6 Å². The molecule has 4 heteroatoms. The Balaban J connectivity index is 3.04. The molecule has 1 unspecified atom stereocenters. The van der Waals surface area contributed by atoms with Gasteiger partial charge in [0, 0.05) is 5.57 Å². The second kappa shape index (κ2) is 3.16. The van der Waals surface area contributed by atoms with Gasteiger partial charge in [-0.3, -0.25) is 0 Å². The summed E-state index contributed by atoms with van der Waals surface area (Å²) in [5.41, 5.74) is -0.379. The van der Waals surface area contributed by atoms with E-state index in [1.54, 1.807) is 0 Å². The van der Waals surface area contributed by atoms with Gasteiger partial charge in [0.1, 0.15) is 5.83 Å². The lowest BCUT2D eigenvalue weighted by Crippen LogP contribution is -2.21. The van der Waals surface area contributed by atoms with Gasteiger partial charge in [-0.2, -0.15) is 13.2 Å². The molecule has 0 heterocycles. The molecule has 13 heavy (non-hydrogen) atoms. The molecule has 1 aliphatic carbocycles. The maximum Gasteiger partial charge on any atom is 0.413 e. The van der Waals surface area contributed by atoms with Crippen molar-refractivity contribution in [2.75, 3.05) is 0 Å². The first-order valence-corrected chi connectivity index (χ1v) is 3.96. The van der Waals surface area contributed by atoms with Crippen molar-refractivity contribution in [2.45, 2.75) is 26.4 Å². The molecule has 0 aromatic carbocycles. The Morgan fingerprint density at radius 1 is 1.38 bits per heavy atom. The zero-order valence-electron chi connectivity index (χ0n) is 7.37. The topological polar surface area (TPSA) is 0 Å². The van der Waals surface area contributed by atoms with E-state index in [0.29, 0.717) is 11.6 Å². The minimum Gasteiger partial charge on any atom is -0.207 e. The van der Waals surface area contributed by atoms with Gasteiger partial charge in [0.2, 0.25) is 0 Å². The number of hydrogen-bond acceptors (Lipinski definition) is 0. The first-order valence-electron chi connectivity index (χ1n) is 3.96. The molecule has 0 fully saturated rings. The van der Waals surface area contributed by atoms with Crippen LogP contribution in [-0.2, 0) is 0 Å². The lowest BCUT2D eigenvalue weighted by atomic mass is 9.88. The molecule has 0 radical (unpaired) electrons. The second-order valence-corrected chi connectivity index (χ2v) is 3.33. The SMILES string of the molecule is CC1=C(F)C=C(C(F)(F)F)C(C)C1. The van der Waals surface area contributed by atoms with Crippen molar-refractivity contribution in [1.82, 2.24) is 0 Å². The molecule has 74 valence electrons. The van der Waals surface area contributed by atoms with Gasteiger partial charge in [0.25, 0.3) is 0 Å². The van der Waals surface area contributed by atoms with E-state index in [1.165, 1.54) is 13.8 Å². The lowest BCUT2D eigenvalue weighted by Gasteiger charge is -2.22. The van der Waals surface area contributed by atoms with Gasteiger partial charge in [-0.15, -0.1) is 0 Å². The molecule has 0 aromatic rings. The summed E-state index contributed by atoms with van der Waals surface area (Å²) < 4.78 is 49.5. The zero-order chi connectivity index (χ0) is 10.2. The van der Waals surface area contributed by atoms with Crippen molar-refractivity contribution in [3.63, 3.8) is 0 Å². The summed E-state index contributed by atoms with van der Waals surface area (Å²) in [4.78, 5) is 0. The quantitative estimate of drug-likeness (QED) is 0.515. The largest absolute Gasteiger partial charge is 0.413 e. The molecular formula is C9H10F4. The van der Waals surface area contributed by atoms with Crippen LogP contribution < -0.4 is 0 Å². The Hall–Kier alpha value is -0.800. The summed E-state index contributed by atoms with van der Waals surface area (Å²) >= 11 is 0. The Kier molecular flexibility index (Phi) is 2.50. The summed E-state index contributed by atoms with van der Waals surface area (Å²) in [6, 6.07) is 0. The molecule has 1 aliphatic rings. The lowest BCUT2D eigenvalue weighted by molar-refractivity contribution is -0.0988. The standard InChI is InChI=1S/C9H10F4/c1-5-3-6(2)8(10)4-7(5)9(11,12)13/h4-5H,3H2,1-2H3. The summed E-state index contributed by atoms with van der Waals surface area (Å²) in [5, 5.41) is 0. The van der Waals surface area contributed by atoms with E-state index in [-0.39, 0.29) is 6.42 Å². The Morgan fingerprint density at radius 2 is 1.92 bits per heavy atom. The van der Waals surface area contributed by atoms with Gasteiger partial charge in [-0.1, -0.05) is 6.92 Å². The van der Waals surface area contributed by atoms with Crippen molar-refractivity contribution >= 4 is 0 Å².